The van der Waals surface area contributed by atoms with E-state index in [1.807, 2.05) is 32.9 Å². The largest absolute Gasteiger partial charge is 0.354 e. The fraction of sp³-hybridized carbons (Fsp3) is 0.650. The molecule has 1 aliphatic rings. The van der Waals surface area contributed by atoms with Gasteiger partial charge in [0.05, 0.1) is 11.9 Å². The third kappa shape index (κ3) is 6.50. The van der Waals surface area contributed by atoms with Crippen LogP contribution in [0.1, 0.15) is 42.4 Å². The van der Waals surface area contributed by atoms with E-state index in [4.69, 9.17) is 0 Å². The van der Waals surface area contributed by atoms with Gasteiger partial charge in [-0.2, -0.15) is 0 Å². The number of aryl methyl sites for hydroxylation is 3. The number of hydrogen-bond acceptors (Lipinski definition) is 4. The Morgan fingerprint density at radius 3 is 2.26 bits per heavy atom. The maximum Gasteiger partial charge on any atom is 0.240 e. The molecule has 1 aromatic rings. The van der Waals surface area contributed by atoms with Crippen LogP contribution in [0.4, 0.5) is 5.69 Å². The van der Waals surface area contributed by atoms with Crippen LogP contribution in [0.25, 0.3) is 0 Å². The topological polar surface area (TPSA) is 69.7 Å². The lowest BCUT2D eigenvalue weighted by Crippen LogP contribution is -2.42. The Morgan fingerprint density at radius 2 is 1.70 bits per heavy atom. The van der Waals surface area contributed by atoms with Gasteiger partial charge in [0.25, 0.3) is 0 Å². The first kappa shape index (κ1) is 21.7. The first-order valence-electron chi connectivity index (χ1n) is 9.73. The molecule has 0 saturated carbocycles. The summed E-state index contributed by atoms with van der Waals surface area (Å²) in [5, 5.41) is 2.87. The summed E-state index contributed by atoms with van der Waals surface area (Å²) in [6.07, 6.45) is 5.85. The smallest absolute Gasteiger partial charge is 0.240 e. The first-order valence-corrected chi connectivity index (χ1v) is 11.6. The molecule has 1 aliphatic heterocycles. The minimum absolute atomic E-state index is 0.187. The number of nitrogens with zero attached hydrogens (tertiary/aromatic N) is 2. The molecule has 0 unspecified atom stereocenters. The molecule has 0 spiro atoms. The van der Waals surface area contributed by atoms with Gasteiger partial charge < -0.3 is 10.2 Å². The van der Waals surface area contributed by atoms with Crippen molar-refractivity contribution in [3.8, 4) is 0 Å². The number of likely N-dealkylation sites (tertiary alicyclic amines) is 1. The lowest BCUT2D eigenvalue weighted by molar-refractivity contribution is -0.119. The van der Waals surface area contributed by atoms with Gasteiger partial charge in [0.1, 0.15) is 6.54 Å². The predicted molar refractivity (Wildman–Crippen MR) is 111 cm³/mol. The van der Waals surface area contributed by atoms with Crippen LogP contribution in [0, 0.1) is 20.8 Å². The van der Waals surface area contributed by atoms with Crippen LogP contribution in [0.2, 0.25) is 0 Å². The lowest BCUT2D eigenvalue weighted by atomic mass is 10.1. The van der Waals surface area contributed by atoms with Gasteiger partial charge in [0.15, 0.2) is 0 Å². The highest BCUT2D eigenvalue weighted by molar-refractivity contribution is 7.92. The zero-order valence-corrected chi connectivity index (χ0v) is 17.9. The van der Waals surface area contributed by atoms with Crippen LogP contribution in [0.3, 0.4) is 0 Å². The fourth-order valence-electron chi connectivity index (χ4n) is 3.83. The lowest BCUT2D eigenvalue weighted by Gasteiger charge is -2.27. The number of sulfonamides is 1. The third-order valence-corrected chi connectivity index (χ3v) is 6.11. The quantitative estimate of drug-likeness (QED) is 0.686. The summed E-state index contributed by atoms with van der Waals surface area (Å²) in [7, 11) is -3.55. The van der Waals surface area contributed by atoms with Gasteiger partial charge in [-0.25, -0.2) is 8.42 Å². The molecule has 0 bridgehead atoms. The number of anilines is 1. The molecule has 0 atom stereocenters. The number of nitrogens with one attached hydrogen (secondary N) is 1. The molecule has 1 saturated heterocycles. The zero-order valence-electron chi connectivity index (χ0n) is 17.0. The van der Waals surface area contributed by atoms with E-state index in [9.17, 15) is 13.2 Å². The molecule has 6 nitrogen and oxygen atoms in total. The Kier molecular flexibility index (Phi) is 7.68. The summed E-state index contributed by atoms with van der Waals surface area (Å²) in [6.45, 7) is 9.37. The molecule has 27 heavy (non-hydrogen) atoms. The van der Waals surface area contributed by atoms with Gasteiger partial charge in [-0.15, -0.1) is 0 Å². The number of piperidine rings is 1. The monoisotopic (exact) mass is 395 g/mol. The van der Waals surface area contributed by atoms with Crippen molar-refractivity contribution in [2.24, 2.45) is 0 Å². The van der Waals surface area contributed by atoms with E-state index in [1.165, 1.54) is 23.6 Å². The molecule has 0 aromatic heterocycles. The molecule has 1 amide bonds. The summed E-state index contributed by atoms with van der Waals surface area (Å²) in [4.78, 5) is 14.8. The number of benzene rings is 1. The molecular formula is C20H33N3O3S. The number of carbonyl (C=O) groups excluding carboxylic acids is 1. The van der Waals surface area contributed by atoms with Crippen LogP contribution in [-0.2, 0) is 14.8 Å². The summed E-state index contributed by atoms with van der Waals surface area (Å²) < 4.78 is 25.9. The van der Waals surface area contributed by atoms with E-state index in [-0.39, 0.29) is 12.5 Å². The van der Waals surface area contributed by atoms with Crippen molar-refractivity contribution in [3.63, 3.8) is 0 Å². The third-order valence-electron chi connectivity index (χ3n) is 4.99. The predicted octanol–water partition coefficient (Wildman–Crippen LogP) is 2.37. The molecule has 7 heteroatoms. The molecule has 1 aromatic carbocycles. The highest BCUT2D eigenvalue weighted by atomic mass is 32.2. The molecule has 1 N–H and O–H groups in total. The average molecular weight is 396 g/mol. The Bertz CT molecular complexity index is 733. The van der Waals surface area contributed by atoms with Crippen molar-refractivity contribution in [3.05, 3.63) is 28.8 Å². The second-order valence-electron chi connectivity index (χ2n) is 7.62. The fourth-order valence-corrected chi connectivity index (χ4v) is 4.80. The van der Waals surface area contributed by atoms with Crippen molar-refractivity contribution in [2.45, 2.75) is 46.5 Å². The molecule has 1 fully saturated rings. The van der Waals surface area contributed by atoms with Crippen molar-refractivity contribution in [1.29, 1.82) is 0 Å². The van der Waals surface area contributed by atoms with Gasteiger partial charge in [0.2, 0.25) is 15.9 Å². The van der Waals surface area contributed by atoms with Gasteiger partial charge in [-0.05, 0) is 70.8 Å². The summed E-state index contributed by atoms with van der Waals surface area (Å²) >= 11 is 0. The van der Waals surface area contributed by atoms with Crippen LogP contribution in [0.5, 0.6) is 0 Å². The van der Waals surface area contributed by atoms with Gasteiger partial charge in [0, 0.05) is 6.54 Å². The van der Waals surface area contributed by atoms with E-state index < -0.39 is 10.0 Å². The molecule has 0 aliphatic carbocycles. The summed E-state index contributed by atoms with van der Waals surface area (Å²) in [5.41, 5.74) is 3.39. The van der Waals surface area contributed by atoms with Gasteiger partial charge >= 0.3 is 0 Å². The van der Waals surface area contributed by atoms with Gasteiger partial charge in [-0.1, -0.05) is 24.1 Å². The minimum Gasteiger partial charge on any atom is -0.354 e. The minimum atomic E-state index is -3.55. The van der Waals surface area contributed by atoms with Crippen molar-refractivity contribution in [1.82, 2.24) is 10.2 Å². The number of hydrogen-bond donors (Lipinski definition) is 1. The Balaban J connectivity index is 1.95. The van der Waals surface area contributed by atoms with E-state index in [1.54, 1.807) is 0 Å². The van der Waals surface area contributed by atoms with Gasteiger partial charge in [-0.3, -0.25) is 9.10 Å². The van der Waals surface area contributed by atoms with Crippen molar-refractivity contribution in [2.75, 3.05) is 43.3 Å². The summed E-state index contributed by atoms with van der Waals surface area (Å²) in [6, 6.07) is 3.88. The van der Waals surface area contributed by atoms with E-state index in [0.29, 0.717) is 12.2 Å². The molecule has 1 heterocycles. The van der Waals surface area contributed by atoms with E-state index >= 15 is 0 Å². The Morgan fingerprint density at radius 1 is 1.11 bits per heavy atom. The maximum atomic E-state index is 12.4. The Hall–Kier alpha value is -1.60. The molecule has 0 radical (unpaired) electrons. The van der Waals surface area contributed by atoms with Crippen molar-refractivity contribution < 1.29 is 13.2 Å². The van der Waals surface area contributed by atoms with E-state index in [2.05, 4.69) is 10.2 Å². The maximum absolute atomic E-state index is 12.4. The SMILES string of the molecule is Cc1cc(C)c(N(CC(=O)NCCCN2CCCCC2)S(C)(=O)=O)c(C)c1. The summed E-state index contributed by atoms with van der Waals surface area (Å²) in [5.74, 6) is -0.265. The zero-order chi connectivity index (χ0) is 20.0. The number of amides is 1. The second kappa shape index (κ2) is 9.55. The number of carbonyl (C=O) groups is 1. The number of rotatable bonds is 8. The van der Waals surface area contributed by atoms with Crippen LogP contribution < -0.4 is 9.62 Å². The highest BCUT2D eigenvalue weighted by Gasteiger charge is 2.24. The second-order valence-corrected chi connectivity index (χ2v) is 9.53. The van der Waals surface area contributed by atoms with Crippen molar-refractivity contribution >= 4 is 21.6 Å². The van der Waals surface area contributed by atoms with E-state index in [0.717, 1.165) is 49.0 Å². The average Bonchev–Trinajstić information content (AvgIpc) is 2.57. The Labute approximate surface area is 164 Å². The highest BCUT2D eigenvalue weighted by Crippen LogP contribution is 2.28. The van der Waals surface area contributed by atoms with Crippen LogP contribution in [-0.4, -0.2) is 58.2 Å². The first-order chi connectivity index (χ1) is 12.7. The standard InChI is InChI=1S/C20H33N3O3S/c1-16-13-17(2)20(18(3)14-16)23(27(4,25)26)15-19(24)21-9-8-12-22-10-6-5-7-11-22/h13-14H,5-12,15H2,1-4H3,(H,21,24). The molecule has 152 valence electrons. The molecule has 2 rings (SSSR count). The van der Waals surface area contributed by atoms with Crippen LogP contribution in [0.15, 0.2) is 12.1 Å². The molecular weight excluding hydrogens is 362 g/mol. The van der Waals surface area contributed by atoms with Crippen LogP contribution >= 0.6 is 0 Å². The normalized spacial score (nSPS) is 15.6.